The van der Waals surface area contributed by atoms with Gasteiger partial charge in [-0.05, 0) is 62.1 Å². The zero-order chi connectivity index (χ0) is 12.1. The Bertz CT molecular complexity index is 392. The first-order chi connectivity index (χ1) is 8.27. The standard InChI is InChI=1S/C16H22O/c1-13-7-5-6-8-14(13)11-12-16(17)15-9-3-2-4-10-15/h5-9,16-17H,2-4,10-12H2,1H3. The molecule has 0 fully saturated rings. The van der Waals surface area contributed by atoms with Gasteiger partial charge in [-0.15, -0.1) is 0 Å². The molecule has 1 atom stereocenters. The predicted octanol–water partition coefficient (Wildman–Crippen LogP) is 3.79. The maximum Gasteiger partial charge on any atom is 0.0753 e. The molecule has 17 heavy (non-hydrogen) atoms. The lowest BCUT2D eigenvalue weighted by atomic mass is 9.92. The number of hydrogen-bond donors (Lipinski definition) is 1. The van der Waals surface area contributed by atoms with Gasteiger partial charge in [0.1, 0.15) is 0 Å². The predicted molar refractivity (Wildman–Crippen MR) is 72.1 cm³/mol. The molecule has 1 aliphatic carbocycles. The molecule has 1 heteroatoms. The summed E-state index contributed by atoms with van der Waals surface area (Å²) in [5, 5.41) is 10.2. The van der Waals surface area contributed by atoms with E-state index in [4.69, 9.17) is 0 Å². The van der Waals surface area contributed by atoms with Crippen LogP contribution in [0.2, 0.25) is 0 Å². The molecule has 1 aromatic carbocycles. The summed E-state index contributed by atoms with van der Waals surface area (Å²) < 4.78 is 0. The lowest BCUT2D eigenvalue weighted by Crippen LogP contribution is -2.13. The van der Waals surface area contributed by atoms with Crippen molar-refractivity contribution < 1.29 is 5.11 Å². The van der Waals surface area contributed by atoms with Crippen LogP contribution in [-0.2, 0) is 6.42 Å². The van der Waals surface area contributed by atoms with Crippen LogP contribution in [0.5, 0.6) is 0 Å². The van der Waals surface area contributed by atoms with Gasteiger partial charge in [-0.2, -0.15) is 0 Å². The summed E-state index contributed by atoms with van der Waals surface area (Å²) in [6.07, 6.45) is 8.62. The Morgan fingerprint density at radius 3 is 2.76 bits per heavy atom. The molecule has 1 aromatic rings. The lowest BCUT2D eigenvalue weighted by molar-refractivity contribution is 0.194. The van der Waals surface area contributed by atoms with Gasteiger partial charge in [0.2, 0.25) is 0 Å². The van der Waals surface area contributed by atoms with Gasteiger partial charge in [-0.3, -0.25) is 0 Å². The van der Waals surface area contributed by atoms with E-state index in [0.717, 1.165) is 25.7 Å². The van der Waals surface area contributed by atoms with Gasteiger partial charge < -0.3 is 5.11 Å². The molecule has 1 N–H and O–H groups in total. The third-order valence-corrected chi connectivity index (χ3v) is 3.70. The van der Waals surface area contributed by atoms with Gasteiger partial charge in [0.05, 0.1) is 6.10 Å². The average Bonchev–Trinajstić information content (AvgIpc) is 2.38. The van der Waals surface area contributed by atoms with Crippen molar-refractivity contribution in [3.05, 3.63) is 47.0 Å². The molecule has 0 aliphatic heterocycles. The Morgan fingerprint density at radius 2 is 2.06 bits per heavy atom. The van der Waals surface area contributed by atoms with Gasteiger partial charge in [0.15, 0.2) is 0 Å². The summed E-state index contributed by atoms with van der Waals surface area (Å²) in [5.41, 5.74) is 3.96. The van der Waals surface area contributed by atoms with Crippen molar-refractivity contribution in [3.8, 4) is 0 Å². The number of allylic oxidation sites excluding steroid dienone is 1. The molecule has 1 nitrogen and oxygen atoms in total. The summed E-state index contributed by atoms with van der Waals surface area (Å²) in [7, 11) is 0. The van der Waals surface area contributed by atoms with Crippen LogP contribution in [0.4, 0.5) is 0 Å². The summed E-state index contributed by atoms with van der Waals surface area (Å²) >= 11 is 0. The van der Waals surface area contributed by atoms with E-state index in [1.165, 1.54) is 29.5 Å². The molecule has 0 spiro atoms. The van der Waals surface area contributed by atoms with Crippen molar-refractivity contribution in [2.45, 2.75) is 51.6 Å². The number of aryl methyl sites for hydroxylation is 2. The molecule has 0 radical (unpaired) electrons. The van der Waals surface area contributed by atoms with E-state index in [1.807, 2.05) is 0 Å². The van der Waals surface area contributed by atoms with Crippen LogP contribution in [0.15, 0.2) is 35.9 Å². The largest absolute Gasteiger partial charge is 0.389 e. The first-order valence-corrected chi connectivity index (χ1v) is 6.69. The van der Waals surface area contributed by atoms with Crippen molar-refractivity contribution >= 4 is 0 Å². The molecule has 2 rings (SSSR count). The van der Waals surface area contributed by atoms with Crippen molar-refractivity contribution in [2.75, 3.05) is 0 Å². The third kappa shape index (κ3) is 3.44. The molecule has 0 saturated carbocycles. The van der Waals surface area contributed by atoms with Crippen LogP contribution < -0.4 is 0 Å². The fourth-order valence-corrected chi connectivity index (χ4v) is 2.53. The molecular formula is C16H22O. The Hall–Kier alpha value is -1.08. The quantitative estimate of drug-likeness (QED) is 0.780. The second-order valence-electron chi connectivity index (χ2n) is 5.01. The summed E-state index contributed by atoms with van der Waals surface area (Å²) in [6.45, 7) is 2.14. The second kappa shape index (κ2) is 6.02. The van der Waals surface area contributed by atoms with Gasteiger partial charge in [0, 0.05) is 0 Å². The summed E-state index contributed by atoms with van der Waals surface area (Å²) in [5.74, 6) is 0. The van der Waals surface area contributed by atoms with Crippen LogP contribution in [0.3, 0.4) is 0 Å². The van der Waals surface area contributed by atoms with Gasteiger partial charge in [0.25, 0.3) is 0 Å². The van der Waals surface area contributed by atoms with Crippen LogP contribution in [0.1, 0.15) is 43.2 Å². The van der Waals surface area contributed by atoms with Gasteiger partial charge >= 0.3 is 0 Å². The maximum atomic E-state index is 10.2. The number of rotatable bonds is 4. The van der Waals surface area contributed by atoms with Crippen molar-refractivity contribution in [1.82, 2.24) is 0 Å². The SMILES string of the molecule is Cc1ccccc1CCC(O)C1=CCCCC1. The van der Waals surface area contributed by atoms with Gasteiger partial charge in [-0.1, -0.05) is 30.3 Å². The second-order valence-corrected chi connectivity index (χ2v) is 5.01. The van der Waals surface area contributed by atoms with E-state index in [-0.39, 0.29) is 6.10 Å². The summed E-state index contributed by atoms with van der Waals surface area (Å²) in [6, 6.07) is 8.45. The highest BCUT2D eigenvalue weighted by Crippen LogP contribution is 2.23. The normalized spacial score (nSPS) is 17.6. The maximum absolute atomic E-state index is 10.2. The number of benzene rings is 1. The molecule has 0 heterocycles. The van der Waals surface area contributed by atoms with Crippen molar-refractivity contribution in [1.29, 1.82) is 0 Å². The minimum Gasteiger partial charge on any atom is -0.389 e. The average molecular weight is 230 g/mol. The fourth-order valence-electron chi connectivity index (χ4n) is 2.53. The number of aliphatic hydroxyl groups excluding tert-OH is 1. The monoisotopic (exact) mass is 230 g/mol. The topological polar surface area (TPSA) is 20.2 Å². The van der Waals surface area contributed by atoms with E-state index < -0.39 is 0 Å². The van der Waals surface area contributed by atoms with Crippen LogP contribution in [-0.4, -0.2) is 11.2 Å². The van der Waals surface area contributed by atoms with Crippen molar-refractivity contribution in [2.24, 2.45) is 0 Å². The van der Waals surface area contributed by atoms with E-state index in [0.29, 0.717) is 0 Å². The van der Waals surface area contributed by atoms with Crippen LogP contribution in [0, 0.1) is 6.92 Å². The molecular weight excluding hydrogens is 208 g/mol. The number of aliphatic hydroxyl groups is 1. The first kappa shape index (κ1) is 12.4. The van der Waals surface area contributed by atoms with Crippen LogP contribution >= 0.6 is 0 Å². The molecule has 92 valence electrons. The Balaban J connectivity index is 1.89. The fraction of sp³-hybridized carbons (Fsp3) is 0.500. The van der Waals surface area contributed by atoms with E-state index >= 15 is 0 Å². The molecule has 0 amide bonds. The zero-order valence-corrected chi connectivity index (χ0v) is 10.7. The molecule has 0 bridgehead atoms. The minimum absolute atomic E-state index is 0.227. The third-order valence-electron chi connectivity index (χ3n) is 3.70. The van der Waals surface area contributed by atoms with Gasteiger partial charge in [-0.25, -0.2) is 0 Å². The van der Waals surface area contributed by atoms with E-state index in [2.05, 4.69) is 37.3 Å². The minimum atomic E-state index is -0.227. The molecule has 1 unspecified atom stereocenters. The summed E-state index contributed by atoms with van der Waals surface area (Å²) in [4.78, 5) is 0. The highest BCUT2D eigenvalue weighted by atomic mass is 16.3. The Labute approximate surface area is 104 Å². The zero-order valence-electron chi connectivity index (χ0n) is 10.7. The highest BCUT2D eigenvalue weighted by Gasteiger charge is 2.13. The van der Waals surface area contributed by atoms with Crippen molar-refractivity contribution in [3.63, 3.8) is 0 Å². The van der Waals surface area contributed by atoms with E-state index in [9.17, 15) is 5.11 Å². The Kier molecular flexibility index (Phi) is 4.38. The Morgan fingerprint density at radius 1 is 1.24 bits per heavy atom. The molecule has 0 saturated heterocycles. The van der Waals surface area contributed by atoms with E-state index in [1.54, 1.807) is 0 Å². The smallest absolute Gasteiger partial charge is 0.0753 e. The molecule has 0 aromatic heterocycles. The van der Waals surface area contributed by atoms with Crippen LogP contribution in [0.25, 0.3) is 0 Å². The number of hydrogen-bond acceptors (Lipinski definition) is 1. The molecule has 1 aliphatic rings. The first-order valence-electron chi connectivity index (χ1n) is 6.69. The lowest BCUT2D eigenvalue weighted by Gasteiger charge is -2.19. The highest BCUT2D eigenvalue weighted by molar-refractivity contribution is 5.26.